The van der Waals surface area contributed by atoms with Crippen LogP contribution in [-0.2, 0) is 4.74 Å². The van der Waals surface area contributed by atoms with E-state index in [4.69, 9.17) is 10.5 Å². The van der Waals surface area contributed by atoms with Gasteiger partial charge in [-0.05, 0) is 18.0 Å². The molecule has 0 aromatic carbocycles. The monoisotopic (exact) mass is 373 g/mol. The van der Waals surface area contributed by atoms with Crippen molar-refractivity contribution in [3.05, 3.63) is 22.7 Å². The van der Waals surface area contributed by atoms with Gasteiger partial charge in [-0.2, -0.15) is 4.98 Å². The second-order valence-electron chi connectivity index (χ2n) is 8.42. The van der Waals surface area contributed by atoms with Crippen molar-refractivity contribution in [1.82, 2.24) is 9.55 Å². The minimum atomic E-state index is -2.78. The van der Waals surface area contributed by atoms with Crippen molar-refractivity contribution in [2.24, 2.45) is 0 Å². The van der Waals surface area contributed by atoms with Crippen LogP contribution in [-0.4, -0.2) is 51.4 Å². The van der Waals surface area contributed by atoms with E-state index >= 15 is 4.39 Å². The molecular weight excluding hydrogens is 345 g/mol. The zero-order valence-corrected chi connectivity index (χ0v) is 16.6. The highest BCUT2D eigenvalue weighted by atomic mass is 28.3. The first-order chi connectivity index (χ1) is 11.2. The van der Waals surface area contributed by atoms with Crippen LogP contribution < -0.4 is 11.4 Å². The Kier molecular flexibility index (Phi) is 4.70. The normalized spacial score (nSPS) is 33.6. The summed E-state index contributed by atoms with van der Waals surface area (Å²) in [7, 11) is -2.78. The molecule has 0 radical (unpaired) electrons. The number of nitrogens with two attached hydrogens (primary N) is 1. The predicted octanol–water partition coefficient (Wildman–Crippen LogP) is 1.22. The number of hydrogen-bond donors (Lipinski definition) is 3. The Bertz CT molecular complexity index is 716. The van der Waals surface area contributed by atoms with Gasteiger partial charge in [0.25, 0.3) is 0 Å². The summed E-state index contributed by atoms with van der Waals surface area (Å²) in [5, 5.41) is 19.0. The molecule has 0 spiro atoms. The first kappa shape index (κ1) is 20.0. The zero-order valence-electron chi connectivity index (χ0n) is 15.6. The van der Waals surface area contributed by atoms with Gasteiger partial charge in [-0.1, -0.05) is 33.9 Å². The molecule has 0 bridgehead atoms. The Morgan fingerprint density at radius 2 is 2.04 bits per heavy atom. The fraction of sp³-hybridized carbons (Fsp3) is 0.750. The van der Waals surface area contributed by atoms with Crippen molar-refractivity contribution in [3.8, 4) is 0 Å². The third-order valence-electron chi connectivity index (χ3n) is 6.07. The smallest absolute Gasteiger partial charge is 0.351 e. The van der Waals surface area contributed by atoms with Crippen molar-refractivity contribution in [2.75, 3.05) is 12.3 Å². The fourth-order valence-electron chi connectivity index (χ4n) is 3.58. The molecule has 4 atom stereocenters. The van der Waals surface area contributed by atoms with Gasteiger partial charge in [0, 0.05) is 6.20 Å². The molecule has 0 saturated carbocycles. The molecule has 4 N–H and O–H groups in total. The lowest BCUT2D eigenvalue weighted by atomic mass is 9.97. The SMILES string of the molecule is CC(C)(C)[Si](C)(C)[C@@]1(O)[C@@H](CO)O[C@@H](n2ccc(N)nc2=O)[C@@]1(C)F. The number of aliphatic hydroxyl groups excluding tert-OH is 1. The van der Waals surface area contributed by atoms with Crippen molar-refractivity contribution in [1.29, 1.82) is 0 Å². The average molecular weight is 374 g/mol. The van der Waals surface area contributed by atoms with Gasteiger partial charge in [-0.3, -0.25) is 4.57 Å². The van der Waals surface area contributed by atoms with Crippen LogP contribution in [0.5, 0.6) is 0 Å². The summed E-state index contributed by atoms with van der Waals surface area (Å²) in [6.45, 7) is 10.2. The summed E-state index contributed by atoms with van der Waals surface area (Å²) in [5.41, 5.74) is 2.40. The number of halogens is 1. The number of hydrogen-bond acceptors (Lipinski definition) is 6. The van der Waals surface area contributed by atoms with Gasteiger partial charge in [0.15, 0.2) is 11.9 Å². The lowest BCUT2D eigenvalue weighted by molar-refractivity contribution is -0.0615. The standard InChI is InChI=1S/C16H28FN3O4Si/c1-14(2,3)25(5,6)16(23)10(9-21)24-12(15(16,4)17)20-8-7-11(18)19-13(20)22/h7-8,10,12,21,23H,9H2,1-6H3,(H2,18,19,22)/t10-,12-,15-,16+/m1/s1. The molecule has 2 rings (SSSR count). The molecular formula is C16H28FN3O4Si. The zero-order chi connectivity index (χ0) is 19.4. The Morgan fingerprint density at radius 1 is 1.48 bits per heavy atom. The molecule has 0 amide bonds. The van der Waals surface area contributed by atoms with Crippen LogP contribution in [0.15, 0.2) is 17.1 Å². The molecule has 2 heterocycles. The second-order valence-corrected chi connectivity index (χ2v) is 13.9. The van der Waals surface area contributed by atoms with Crippen LogP contribution in [0.4, 0.5) is 10.2 Å². The molecule has 9 heteroatoms. The molecule has 142 valence electrons. The predicted molar refractivity (Wildman–Crippen MR) is 95.6 cm³/mol. The molecule has 1 fully saturated rings. The van der Waals surface area contributed by atoms with Gasteiger partial charge in [0.2, 0.25) is 0 Å². The molecule has 25 heavy (non-hydrogen) atoms. The maximum Gasteiger partial charge on any atom is 0.351 e. The molecule has 1 aliphatic heterocycles. The quantitative estimate of drug-likeness (QED) is 0.687. The van der Waals surface area contributed by atoms with Gasteiger partial charge in [0.1, 0.15) is 17.1 Å². The van der Waals surface area contributed by atoms with Crippen LogP contribution in [0.3, 0.4) is 0 Å². The number of rotatable bonds is 3. The molecule has 0 aliphatic carbocycles. The number of anilines is 1. The minimum absolute atomic E-state index is 0.0122. The van der Waals surface area contributed by atoms with Gasteiger partial charge < -0.3 is 20.7 Å². The van der Waals surface area contributed by atoms with Crippen molar-refractivity contribution >= 4 is 13.9 Å². The molecule has 1 saturated heterocycles. The highest BCUT2D eigenvalue weighted by molar-refractivity contribution is 6.83. The summed E-state index contributed by atoms with van der Waals surface area (Å²) < 4.78 is 22.7. The van der Waals surface area contributed by atoms with Crippen LogP contribution >= 0.6 is 0 Å². The minimum Gasteiger partial charge on any atom is -0.394 e. The van der Waals surface area contributed by atoms with Crippen LogP contribution in [0.2, 0.25) is 18.1 Å². The van der Waals surface area contributed by atoms with Crippen molar-refractivity contribution < 1.29 is 19.3 Å². The van der Waals surface area contributed by atoms with Gasteiger partial charge >= 0.3 is 5.69 Å². The Morgan fingerprint density at radius 3 is 2.48 bits per heavy atom. The maximum absolute atomic E-state index is 16.1. The van der Waals surface area contributed by atoms with Crippen molar-refractivity contribution in [3.63, 3.8) is 0 Å². The number of aromatic nitrogens is 2. The number of alkyl halides is 1. The number of aliphatic hydroxyl groups is 2. The van der Waals surface area contributed by atoms with E-state index in [9.17, 15) is 15.0 Å². The Hall–Kier alpha value is -1.29. The van der Waals surface area contributed by atoms with E-state index in [-0.39, 0.29) is 10.9 Å². The largest absolute Gasteiger partial charge is 0.394 e. The summed E-state index contributed by atoms with van der Waals surface area (Å²) in [6.07, 6.45) is -1.28. The summed E-state index contributed by atoms with van der Waals surface area (Å²) in [4.78, 5) is 15.8. The first-order valence-corrected chi connectivity index (χ1v) is 11.2. The molecule has 0 unspecified atom stereocenters. The second kappa shape index (κ2) is 5.87. The molecule has 7 nitrogen and oxygen atoms in total. The van der Waals surface area contributed by atoms with E-state index in [2.05, 4.69) is 4.98 Å². The van der Waals surface area contributed by atoms with E-state index in [0.29, 0.717) is 0 Å². The van der Waals surface area contributed by atoms with E-state index in [0.717, 1.165) is 4.57 Å². The van der Waals surface area contributed by atoms with E-state index in [1.807, 2.05) is 33.9 Å². The lowest BCUT2D eigenvalue weighted by Crippen LogP contribution is -2.72. The topological polar surface area (TPSA) is 111 Å². The maximum atomic E-state index is 16.1. The third kappa shape index (κ3) is 2.64. The Balaban J connectivity index is 2.66. The lowest BCUT2D eigenvalue weighted by Gasteiger charge is -2.52. The Labute approximate surface area is 147 Å². The highest BCUT2D eigenvalue weighted by Gasteiger charge is 2.73. The molecule has 1 aliphatic rings. The molecule has 1 aromatic heterocycles. The van der Waals surface area contributed by atoms with E-state index < -0.39 is 43.6 Å². The van der Waals surface area contributed by atoms with Gasteiger partial charge in [-0.25, -0.2) is 9.18 Å². The summed E-state index contributed by atoms with van der Waals surface area (Å²) in [5.74, 6) is 0.0122. The van der Waals surface area contributed by atoms with Gasteiger partial charge in [-0.15, -0.1) is 0 Å². The first-order valence-electron chi connectivity index (χ1n) is 8.24. The number of ether oxygens (including phenoxy) is 1. The van der Waals surface area contributed by atoms with Gasteiger partial charge in [0.05, 0.1) is 14.7 Å². The van der Waals surface area contributed by atoms with E-state index in [1.54, 1.807) is 0 Å². The van der Waals surface area contributed by atoms with Crippen LogP contribution in [0.1, 0.15) is 33.9 Å². The average Bonchev–Trinajstić information content (AvgIpc) is 2.67. The number of nitrogens with zero attached hydrogens (tertiary/aromatic N) is 2. The third-order valence-corrected chi connectivity index (χ3v) is 12.5. The fourth-order valence-corrected chi connectivity index (χ4v) is 7.03. The van der Waals surface area contributed by atoms with Crippen LogP contribution in [0, 0.1) is 0 Å². The van der Waals surface area contributed by atoms with Crippen LogP contribution in [0.25, 0.3) is 0 Å². The highest BCUT2D eigenvalue weighted by Crippen LogP contribution is 2.57. The van der Waals surface area contributed by atoms with E-state index in [1.165, 1.54) is 19.2 Å². The summed E-state index contributed by atoms with van der Waals surface area (Å²) in [6, 6.07) is 1.36. The van der Waals surface area contributed by atoms with Crippen molar-refractivity contribution in [2.45, 2.75) is 69.1 Å². The number of nitrogen functional groups attached to an aromatic ring is 1. The molecule has 1 aromatic rings. The summed E-state index contributed by atoms with van der Waals surface area (Å²) >= 11 is 0.